The zero-order valence-corrected chi connectivity index (χ0v) is 12.5. The number of aromatic nitrogens is 3. The average Bonchev–Trinajstić information content (AvgIpc) is 3.25. The smallest absolute Gasteiger partial charge is 0.224 e. The summed E-state index contributed by atoms with van der Waals surface area (Å²) in [6.07, 6.45) is 9.05. The molecule has 3 atom stereocenters. The Kier molecular flexibility index (Phi) is 3.41. The van der Waals surface area contributed by atoms with Crippen molar-refractivity contribution in [2.24, 2.45) is 17.8 Å². The number of rotatable bonds is 4. The number of hydrogen-bond donors (Lipinski definition) is 1. The molecule has 22 heavy (non-hydrogen) atoms. The number of nitrogens with zero attached hydrogens (tertiary/aromatic N) is 3. The Hall–Kier alpha value is -2.17. The minimum absolute atomic E-state index is 0.116. The lowest BCUT2D eigenvalue weighted by Gasteiger charge is -2.21. The number of anilines is 1. The maximum Gasteiger partial charge on any atom is 0.224 e. The van der Waals surface area contributed by atoms with E-state index in [4.69, 9.17) is 0 Å². The van der Waals surface area contributed by atoms with E-state index in [0.717, 1.165) is 23.2 Å². The van der Waals surface area contributed by atoms with E-state index in [0.29, 0.717) is 12.3 Å². The Morgan fingerprint density at radius 3 is 2.91 bits per heavy atom. The molecule has 1 N–H and O–H groups in total. The van der Waals surface area contributed by atoms with Crippen LogP contribution in [0.4, 0.5) is 5.69 Å². The van der Waals surface area contributed by atoms with Crippen LogP contribution in [0.25, 0.3) is 5.69 Å². The summed E-state index contributed by atoms with van der Waals surface area (Å²) >= 11 is 0. The topological polar surface area (TPSA) is 59.8 Å². The van der Waals surface area contributed by atoms with Crippen LogP contribution < -0.4 is 5.32 Å². The lowest BCUT2D eigenvalue weighted by Crippen LogP contribution is -2.21. The second kappa shape index (κ2) is 5.55. The first-order chi connectivity index (χ1) is 10.8. The van der Waals surface area contributed by atoms with Crippen molar-refractivity contribution >= 4 is 11.6 Å². The van der Waals surface area contributed by atoms with Gasteiger partial charge < -0.3 is 5.32 Å². The fourth-order valence-electron chi connectivity index (χ4n) is 4.18. The third kappa shape index (κ3) is 2.51. The van der Waals surface area contributed by atoms with E-state index in [-0.39, 0.29) is 5.91 Å². The van der Waals surface area contributed by atoms with Gasteiger partial charge in [-0.05, 0) is 49.1 Å². The van der Waals surface area contributed by atoms with E-state index in [1.54, 1.807) is 11.0 Å². The minimum Gasteiger partial charge on any atom is -0.324 e. The number of amides is 1. The highest BCUT2D eigenvalue weighted by Gasteiger charge is 2.40. The van der Waals surface area contributed by atoms with Gasteiger partial charge in [-0.1, -0.05) is 18.6 Å². The molecule has 0 spiro atoms. The summed E-state index contributed by atoms with van der Waals surface area (Å²) in [7, 11) is 0. The molecule has 1 heterocycles. The molecule has 114 valence electrons. The molecule has 4 rings (SSSR count). The van der Waals surface area contributed by atoms with Crippen LogP contribution in [0.5, 0.6) is 0 Å². The number of hydrogen-bond acceptors (Lipinski definition) is 3. The molecule has 0 saturated heterocycles. The van der Waals surface area contributed by atoms with E-state index >= 15 is 0 Å². The van der Waals surface area contributed by atoms with E-state index in [1.165, 1.54) is 32.0 Å². The van der Waals surface area contributed by atoms with Crippen LogP contribution in [0.3, 0.4) is 0 Å². The predicted molar refractivity (Wildman–Crippen MR) is 83.5 cm³/mol. The average molecular weight is 296 g/mol. The van der Waals surface area contributed by atoms with Gasteiger partial charge in [-0.25, -0.2) is 9.67 Å². The molecule has 1 aromatic heterocycles. The van der Waals surface area contributed by atoms with E-state index in [2.05, 4.69) is 15.4 Å². The number of carbonyl (C=O) groups is 1. The number of benzene rings is 1. The molecule has 2 bridgehead atoms. The van der Waals surface area contributed by atoms with Crippen LogP contribution in [-0.2, 0) is 4.79 Å². The number of fused-ring (bicyclic) bond motifs is 2. The molecule has 5 nitrogen and oxygen atoms in total. The summed E-state index contributed by atoms with van der Waals surface area (Å²) in [6.45, 7) is 0. The third-order valence-electron chi connectivity index (χ3n) is 5.18. The van der Waals surface area contributed by atoms with Crippen LogP contribution in [0.2, 0.25) is 0 Å². The molecule has 0 radical (unpaired) electrons. The van der Waals surface area contributed by atoms with Crippen molar-refractivity contribution in [1.82, 2.24) is 14.8 Å². The highest BCUT2D eigenvalue weighted by atomic mass is 16.1. The lowest BCUT2D eigenvalue weighted by atomic mass is 9.86. The van der Waals surface area contributed by atoms with Gasteiger partial charge in [-0.3, -0.25) is 4.79 Å². The zero-order chi connectivity index (χ0) is 14.9. The van der Waals surface area contributed by atoms with Crippen molar-refractivity contribution in [1.29, 1.82) is 0 Å². The molecule has 2 saturated carbocycles. The fourth-order valence-corrected chi connectivity index (χ4v) is 4.18. The van der Waals surface area contributed by atoms with Gasteiger partial charge in [0.2, 0.25) is 5.91 Å². The quantitative estimate of drug-likeness (QED) is 0.943. The molecule has 2 aliphatic carbocycles. The predicted octanol–water partition coefficient (Wildman–Crippen LogP) is 3.03. The number of carbonyl (C=O) groups excluding carboxylic acids is 1. The van der Waals surface area contributed by atoms with Crippen molar-refractivity contribution < 1.29 is 4.79 Å². The Labute approximate surface area is 129 Å². The molecule has 3 unspecified atom stereocenters. The van der Waals surface area contributed by atoms with Gasteiger partial charge in [0, 0.05) is 6.42 Å². The standard InChI is InChI=1S/C17H20N4O/c22-17(9-14-8-12-5-6-13(14)7-12)20-15-3-1-2-4-16(15)21-11-18-10-19-21/h1-4,10-14H,5-9H2,(H,20,22). The first-order valence-corrected chi connectivity index (χ1v) is 8.03. The highest BCUT2D eigenvalue weighted by Crippen LogP contribution is 2.49. The second-order valence-corrected chi connectivity index (χ2v) is 6.54. The van der Waals surface area contributed by atoms with Crippen LogP contribution in [0.1, 0.15) is 32.1 Å². The number of para-hydroxylation sites is 2. The van der Waals surface area contributed by atoms with Crippen molar-refractivity contribution in [3.8, 4) is 5.69 Å². The molecule has 1 aromatic carbocycles. The minimum atomic E-state index is 0.116. The molecular weight excluding hydrogens is 276 g/mol. The molecule has 2 aliphatic rings. The molecule has 0 aliphatic heterocycles. The fraction of sp³-hybridized carbons (Fsp3) is 0.471. The largest absolute Gasteiger partial charge is 0.324 e. The molecule has 1 amide bonds. The number of nitrogens with one attached hydrogen (secondary N) is 1. The van der Waals surface area contributed by atoms with Crippen molar-refractivity contribution in [3.05, 3.63) is 36.9 Å². The highest BCUT2D eigenvalue weighted by molar-refractivity contribution is 5.93. The van der Waals surface area contributed by atoms with Gasteiger partial charge in [0.25, 0.3) is 0 Å². The van der Waals surface area contributed by atoms with E-state index in [1.807, 2.05) is 24.3 Å². The molecular formula is C17H20N4O. The molecule has 5 heteroatoms. The van der Waals surface area contributed by atoms with Crippen molar-refractivity contribution in [2.45, 2.75) is 32.1 Å². The second-order valence-electron chi connectivity index (χ2n) is 6.54. The summed E-state index contributed by atoms with van der Waals surface area (Å²) in [6, 6.07) is 7.70. The first-order valence-electron chi connectivity index (χ1n) is 8.03. The molecule has 2 fully saturated rings. The Morgan fingerprint density at radius 1 is 1.27 bits per heavy atom. The summed E-state index contributed by atoms with van der Waals surface area (Å²) in [4.78, 5) is 16.4. The summed E-state index contributed by atoms with van der Waals surface area (Å²) in [5.74, 6) is 2.36. The Morgan fingerprint density at radius 2 is 2.18 bits per heavy atom. The van der Waals surface area contributed by atoms with Gasteiger partial charge in [-0.15, -0.1) is 0 Å². The molecule has 2 aromatic rings. The zero-order valence-electron chi connectivity index (χ0n) is 12.5. The maximum atomic E-state index is 12.4. The normalized spacial score (nSPS) is 26.3. The lowest BCUT2D eigenvalue weighted by molar-refractivity contribution is -0.117. The van der Waals surface area contributed by atoms with Crippen LogP contribution in [-0.4, -0.2) is 20.7 Å². The van der Waals surface area contributed by atoms with Crippen LogP contribution in [0.15, 0.2) is 36.9 Å². The summed E-state index contributed by atoms with van der Waals surface area (Å²) < 4.78 is 1.67. The van der Waals surface area contributed by atoms with Gasteiger partial charge in [0.05, 0.1) is 11.4 Å². The van der Waals surface area contributed by atoms with E-state index < -0.39 is 0 Å². The van der Waals surface area contributed by atoms with Gasteiger partial charge in [-0.2, -0.15) is 5.10 Å². The van der Waals surface area contributed by atoms with Crippen LogP contribution in [0, 0.1) is 17.8 Å². The summed E-state index contributed by atoms with van der Waals surface area (Å²) in [5, 5.41) is 7.20. The monoisotopic (exact) mass is 296 g/mol. The third-order valence-corrected chi connectivity index (χ3v) is 5.18. The van der Waals surface area contributed by atoms with Crippen LogP contribution >= 0.6 is 0 Å². The Bertz CT molecular complexity index is 667. The Balaban J connectivity index is 1.46. The van der Waals surface area contributed by atoms with Gasteiger partial charge in [0.15, 0.2) is 0 Å². The van der Waals surface area contributed by atoms with Gasteiger partial charge in [0.1, 0.15) is 12.7 Å². The van der Waals surface area contributed by atoms with Crippen molar-refractivity contribution in [2.75, 3.05) is 5.32 Å². The van der Waals surface area contributed by atoms with Crippen molar-refractivity contribution in [3.63, 3.8) is 0 Å². The van der Waals surface area contributed by atoms with E-state index in [9.17, 15) is 4.79 Å². The maximum absolute atomic E-state index is 12.4. The summed E-state index contributed by atoms with van der Waals surface area (Å²) in [5.41, 5.74) is 1.64. The SMILES string of the molecule is O=C(CC1CC2CCC1C2)Nc1ccccc1-n1cncn1. The van der Waals surface area contributed by atoms with Gasteiger partial charge >= 0.3 is 0 Å². The first kappa shape index (κ1) is 13.5.